The van der Waals surface area contributed by atoms with E-state index in [1.807, 2.05) is 42.5 Å². The lowest BCUT2D eigenvalue weighted by Gasteiger charge is -2.25. The monoisotopic (exact) mass is 377 g/mol. The minimum absolute atomic E-state index is 0.00382. The molecular weight excluding hydrogens is 354 g/mol. The average molecular weight is 377 g/mol. The Kier molecular flexibility index (Phi) is 5.37. The van der Waals surface area contributed by atoms with Crippen molar-refractivity contribution in [2.75, 3.05) is 20.3 Å². The topological polar surface area (TPSA) is 73.3 Å². The number of rotatable bonds is 6. The molecule has 4 rings (SSSR count). The number of amides is 1. The largest absolute Gasteiger partial charge is 0.493 e. The summed E-state index contributed by atoms with van der Waals surface area (Å²) in [7, 11) is 1.57. The maximum Gasteiger partial charge on any atom is 0.235 e. The van der Waals surface area contributed by atoms with E-state index in [-0.39, 0.29) is 11.8 Å². The molecule has 1 N–H and O–H groups in total. The van der Waals surface area contributed by atoms with Gasteiger partial charge in [-0.25, -0.2) is 9.97 Å². The van der Waals surface area contributed by atoms with E-state index in [0.29, 0.717) is 37.6 Å². The highest BCUT2D eigenvalue weighted by molar-refractivity contribution is 5.77. The van der Waals surface area contributed by atoms with Crippen LogP contribution >= 0.6 is 0 Å². The number of ether oxygens (including phenoxy) is 2. The van der Waals surface area contributed by atoms with Gasteiger partial charge in [0, 0.05) is 25.3 Å². The molecule has 144 valence electrons. The van der Waals surface area contributed by atoms with E-state index >= 15 is 0 Å². The van der Waals surface area contributed by atoms with Gasteiger partial charge in [-0.1, -0.05) is 30.3 Å². The zero-order valence-corrected chi connectivity index (χ0v) is 15.9. The molecule has 1 aliphatic heterocycles. The minimum atomic E-state index is -0.00382. The SMILES string of the molecule is COc1nc2ccccc2nc1CCC(=O)NC[C@@H]1COc2ccccc2C1. The fraction of sp³-hybridized carbons (Fsp3) is 0.318. The molecular formula is C22H23N3O3. The molecule has 3 aromatic rings. The molecule has 0 aliphatic carbocycles. The van der Waals surface area contributed by atoms with Crippen molar-refractivity contribution in [2.24, 2.45) is 5.92 Å². The van der Waals surface area contributed by atoms with E-state index < -0.39 is 0 Å². The van der Waals surface area contributed by atoms with Gasteiger partial charge in [0.1, 0.15) is 11.4 Å². The fourth-order valence-corrected chi connectivity index (χ4v) is 3.45. The molecule has 2 heterocycles. The Morgan fingerprint density at radius 2 is 1.89 bits per heavy atom. The third-order valence-corrected chi connectivity index (χ3v) is 4.93. The zero-order chi connectivity index (χ0) is 19.3. The normalized spacial score (nSPS) is 15.5. The summed E-state index contributed by atoms with van der Waals surface area (Å²) in [5.41, 5.74) is 3.48. The molecule has 0 unspecified atom stereocenters. The summed E-state index contributed by atoms with van der Waals surface area (Å²) in [5.74, 6) is 1.71. The maximum absolute atomic E-state index is 12.3. The van der Waals surface area contributed by atoms with Crippen molar-refractivity contribution >= 4 is 16.9 Å². The van der Waals surface area contributed by atoms with Crippen LogP contribution in [0.2, 0.25) is 0 Å². The molecule has 1 atom stereocenters. The van der Waals surface area contributed by atoms with Crippen LogP contribution in [0.5, 0.6) is 11.6 Å². The molecule has 0 fully saturated rings. The van der Waals surface area contributed by atoms with Gasteiger partial charge in [-0.15, -0.1) is 0 Å². The molecule has 6 heteroatoms. The summed E-state index contributed by atoms with van der Waals surface area (Å²) >= 11 is 0. The Labute approximate surface area is 163 Å². The fourth-order valence-electron chi connectivity index (χ4n) is 3.45. The number of nitrogens with one attached hydrogen (secondary N) is 1. The van der Waals surface area contributed by atoms with Crippen LogP contribution in [0.4, 0.5) is 0 Å². The van der Waals surface area contributed by atoms with E-state index in [9.17, 15) is 4.79 Å². The van der Waals surface area contributed by atoms with E-state index in [1.54, 1.807) is 7.11 Å². The molecule has 1 amide bonds. The zero-order valence-electron chi connectivity index (χ0n) is 15.9. The van der Waals surface area contributed by atoms with Crippen molar-refractivity contribution in [1.29, 1.82) is 0 Å². The van der Waals surface area contributed by atoms with Crippen molar-refractivity contribution < 1.29 is 14.3 Å². The van der Waals surface area contributed by atoms with Crippen LogP contribution in [0.1, 0.15) is 17.7 Å². The van der Waals surface area contributed by atoms with E-state index in [2.05, 4.69) is 21.4 Å². The number of hydrogen-bond donors (Lipinski definition) is 1. The van der Waals surface area contributed by atoms with Gasteiger partial charge < -0.3 is 14.8 Å². The number of carbonyl (C=O) groups excluding carboxylic acids is 1. The van der Waals surface area contributed by atoms with Gasteiger partial charge in [-0.2, -0.15) is 0 Å². The van der Waals surface area contributed by atoms with Gasteiger partial charge in [0.05, 0.1) is 24.8 Å². The second kappa shape index (κ2) is 8.25. The quantitative estimate of drug-likeness (QED) is 0.715. The molecule has 0 saturated heterocycles. The number of para-hydroxylation sites is 3. The highest BCUT2D eigenvalue weighted by Crippen LogP contribution is 2.26. The predicted octanol–water partition coefficient (Wildman–Crippen LogP) is 2.94. The number of hydrogen-bond acceptors (Lipinski definition) is 5. The molecule has 28 heavy (non-hydrogen) atoms. The molecule has 0 radical (unpaired) electrons. The molecule has 1 aromatic heterocycles. The first kappa shape index (κ1) is 18.2. The molecule has 1 aliphatic rings. The molecule has 2 aromatic carbocycles. The van der Waals surface area contributed by atoms with Crippen LogP contribution in [0.15, 0.2) is 48.5 Å². The van der Waals surface area contributed by atoms with Crippen LogP contribution < -0.4 is 14.8 Å². The maximum atomic E-state index is 12.3. The first-order chi connectivity index (χ1) is 13.7. The Morgan fingerprint density at radius 1 is 1.14 bits per heavy atom. The highest BCUT2D eigenvalue weighted by Gasteiger charge is 2.20. The average Bonchev–Trinajstić information content (AvgIpc) is 2.75. The molecule has 0 saturated carbocycles. The summed E-state index contributed by atoms with van der Waals surface area (Å²) < 4.78 is 11.1. The van der Waals surface area contributed by atoms with Crippen LogP contribution in [-0.2, 0) is 17.6 Å². The minimum Gasteiger partial charge on any atom is -0.493 e. The van der Waals surface area contributed by atoms with Crippen LogP contribution in [0.25, 0.3) is 11.0 Å². The lowest BCUT2D eigenvalue weighted by molar-refractivity contribution is -0.121. The molecule has 0 bridgehead atoms. The van der Waals surface area contributed by atoms with Crippen molar-refractivity contribution in [2.45, 2.75) is 19.3 Å². The Hall–Kier alpha value is -3.15. The highest BCUT2D eigenvalue weighted by atomic mass is 16.5. The van der Waals surface area contributed by atoms with E-state index in [1.165, 1.54) is 5.56 Å². The third kappa shape index (κ3) is 4.06. The number of nitrogens with zero attached hydrogens (tertiary/aromatic N) is 2. The van der Waals surface area contributed by atoms with E-state index in [0.717, 1.165) is 23.2 Å². The van der Waals surface area contributed by atoms with Crippen LogP contribution in [-0.4, -0.2) is 36.1 Å². The number of benzene rings is 2. The smallest absolute Gasteiger partial charge is 0.235 e. The second-order valence-electron chi connectivity index (χ2n) is 6.96. The summed E-state index contributed by atoms with van der Waals surface area (Å²) in [6.45, 7) is 1.23. The number of fused-ring (bicyclic) bond motifs is 2. The van der Waals surface area contributed by atoms with Gasteiger partial charge in [0.15, 0.2) is 0 Å². The summed E-state index contributed by atoms with van der Waals surface area (Å²) in [5, 5.41) is 3.02. The molecule has 0 spiro atoms. The third-order valence-electron chi connectivity index (χ3n) is 4.93. The van der Waals surface area contributed by atoms with Gasteiger partial charge in [-0.05, 0) is 30.2 Å². The Balaban J connectivity index is 1.32. The first-order valence-corrected chi connectivity index (χ1v) is 9.50. The Morgan fingerprint density at radius 3 is 2.71 bits per heavy atom. The lowest BCUT2D eigenvalue weighted by atomic mass is 9.97. The summed E-state index contributed by atoms with van der Waals surface area (Å²) in [6, 6.07) is 15.7. The van der Waals surface area contributed by atoms with Crippen molar-refractivity contribution in [3.05, 3.63) is 59.8 Å². The summed E-state index contributed by atoms with van der Waals surface area (Å²) in [6.07, 6.45) is 1.74. The number of carbonyl (C=O) groups is 1. The van der Waals surface area contributed by atoms with Crippen LogP contribution in [0, 0.1) is 5.92 Å². The summed E-state index contributed by atoms with van der Waals surface area (Å²) in [4.78, 5) is 21.4. The standard InChI is InChI=1S/C22H23N3O3/c1-27-22-19(24-17-7-3-4-8-18(17)25-22)10-11-21(26)23-13-15-12-16-6-2-5-9-20(16)28-14-15/h2-9,15H,10-14H2,1H3,(H,23,26)/t15-/m1/s1. The Bertz CT molecular complexity index is 990. The van der Waals surface area contributed by atoms with Crippen molar-refractivity contribution in [3.8, 4) is 11.6 Å². The number of aromatic nitrogens is 2. The second-order valence-corrected chi connectivity index (χ2v) is 6.96. The van der Waals surface area contributed by atoms with Gasteiger partial charge in [-0.3, -0.25) is 4.79 Å². The first-order valence-electron chi connectivity index (χ1n) is 9.50. The van der Waals surface area contributed by atoms with E-state index in [4.69, 9.17) is 9.47 Å². The number of aryl methyl sites for hydroxylation is 1. The molecule has 6 nitrogen and oxygen atoms in total. The van der Waals surface area contributed by atoms with Gasteiger partial charge in [0.2, 0.25) is 11.8 Å². The van der Waals surface area contributed by atoms with Crippen molar-refractivity contribution in [1.82, 2.24) is 15.3 Å². The predicted molar refractivity (Wildman–Crippen MR) is 107 cm³/mol. The number of methoxy groups -OCH3 is 1. The van der Waals surface area contributed by atoms with Gasteiger partial charge in [0.25, 0.3) is 0 Å². The lowest BCUT2D eigenvalue weighted by Crippen LogP contribution is -2.34. The van der Waals surface area contributed by atoms with Crippen molar-refractivity contribution in [3.63, 3.8) is 0 Å². The van der Waals surface area contributed by atoms with Crippen LogP contribution in [0.3, 0.4) is 0 Å². The van der Waals surface area contributed by atoms with Gasteiger partial charge >= 0.3 is 0 Å².